The molecule has 1 saturated heterocycles. The SMILES string of the molecule is C[C@H]1[C@H](OCc2ccccc2)[C@H]2N=C(N(CCF)C(=O)OC(C)(C)C)S[C@H]2O[C@@H]1CO. The van der Waals surface area contributed by atoms with Gasteiger partial charge >= 0.3 is 6.09 Å². The van der Waals surface area contributed by atoms with Crippen molar-refractivity contribution in [3.8, 4) is 0 Å². The van der Waals surface area contributed by atoms with E-state index in [1.807, 2.05) is 37.3 Å². The van der Waals surface area contributed by atoms with Crippen molar-refractivity contribution in [2.24, 2.45) is 10.9 Å². The maximum Gasteiger partial charge on any atom is 0.416 e. The Morgan fingerprint density at radius 1 is 1.32 bits per heavy atom. The molecule has 1 aromatic rings. The standard InChI is InChI=1S/C22H31FN2O5S/c1-14-16(12-26)29-19-17(18(14)28-13-15-8-6-5-7-9-15)24-20(31-19)25(11-10-23)21(27)30-22(2,3)4/h5-9,14,16-19,26H,10-13H2,1-4H3/t14-,16-,17-,18+,19-/m1/s1. The number of aliphatic hydroxyl groups is 1. The molecule has 1 aromatic carbocycles. The quantitative estimate of drug-likeness (QED) is 0.707. The van der Waals surface area contributed by atoms with Gasteiger partial charge in [0, 0.05) is 5.92 Å². The third kappa shape index (κ3) is 5.97. The van der Waals surface area contributed by atoms with Crippen LogP contribution < -0.4 is 0 Å². The number of amidine groups is 1. The van der Waals surface area contributed by atoms with E-state index in [2.05, 4.69) is 0 Å². The van der Waals surface area contributed by atoms with Crippen molar-refractivity contribution in [3.05, 3.63) is 35.9 Å². The fourth-order valence-electron chi connectivity index (χ4n) is 3.57. The maximum atomic E-state index is 13.2. The van der Waals surface area contributed by atoms with Gasteiger partial charge in [-0.15, -0.1) is 0 Å². The number of aliphatic imine (C=N–C) groups is 1. The van der Waals surface area contributed by atoms with Gasteiger partial charge in [0.15, 0.2) is 5.17 Å². The summed E-state index contributed by atoms with van der Waals surface area (Å²) < 4.78 is 30.9. The zero-order valence-corrected chi connectivity index (χ0v) is 19.2. The summed E-state index contributed by atoms with van der Waals surface area (Å²) in [7, 11) is 0. The van der Waals surface area contributed by atoms with Crippen molar-refractivity contribution in [1.82, 2.24) is 4.90 Å². The van der Waals surface area contributed by atoms with Crippen LogP contribution in [0.2, 0.25) is 0 Å². The van der Waals surface area contributed by atoms with Gasteiger partial charge in [0.2, 0.25) is 0 Å². The number of carbonyl (C=O) groups excluding carboxylic acids is 1. The van der Waals surface area contributed by atoms with Crippen molar-refractivity contribution in [3.63, 3.8) is 0 Å². The van der Waals surface area contributed by atoms with Crippen LogP contribution in [0.3, 0.4) is 0 Å². The number of halogens is 1. The molecule has 0 aliphatic carbocycles. The fourth-order valence-corrected chi connectivity index (χ4v) is 4.81. The predicted octanol–water partition coefficient (Wildman–Crippen LogP) is 3.60. The zero-order valence-electron chi connectivity index (χ0n) is 18.4. The lowest BCUT2D eigenvalue weighted by Gasteiger charge is -2.41. The van der Waals surface area contributed by atoms with Crippen LogP contribution in [-0.2, 0) is 20.8 Å². The zero-order chi connectivity index (χ0) is 22.6. The minimum Gasteiger partial charge on any atom is -0.443 e. The molecule has 3 rings (SSSR count). The van der Waals surface area contributed by atoms with Crippen molar-refractivity contribution in [2.45, 2.75) is 63.6 Å². The summed E-state index contributed by atoms with van der Waals surface area (Å²) in [4.78, 5) is 18.6. The Morgan fingerprint density at radius 2 is 2.03 bits per heavy atom. The van der Waals surface area contributed by atoms with E-state index >= 15 is 0 Å². The molecule has 172 valence electrons. The number of rotatable bonds is 6. The first kappa shape index (κ1) is 24.0. The molecule has 31 heavy (non-hydrogen) atoms. The van der Waals surface area contributed by atoms with Gasteiger partial charge in [-0.25, -0.2) is 9.18 Å². The Labute approximate surface area is 186 Å². The highest BCUT2D eigenvalue weighted by Crippen LogP contribution is 2.41. The molecule has 5 atom stereocenters. The van der Waals surface area contributed by atoms with Crippen LogP contribution in [0.1, 0.15) is 33.3 Å². The number of alkyl halides is 1. The van der Waals surface area contributed by atoms with Gasteiger partial charge in [-0.2, -0.15) is 0 Å². The van der Waals surface area contributed by atoms with Crippen LogP contribution in [0.15, 0.2) is 35.3 Å². The number of hydrogen-bond donors (Lipinski definition) is 1. The van der Waals surface area contributed by atoms with Crippen molar-refractivity contribution in [2.75, 3.05) is 19.8 Å². The molecule has 2 heterocycles. The smallest absolute Gasteiger partial charge is 0.416 e. The van der Waals surface area contributed by atoms with Crippen LogP contribution in [0.5, 0.6) is 0 Å². The summed E-state index contributed by atoms with van der Waals surface area (Å²) in [6.07, 6.45) is -1.39. The summed E-state index contributed by atoms with van der Waals surface area (Å²) in [5.74, 6) is -0.116. The Hall–Kier alpha value is -1.68. The molecule has 0 unspecified atom stereocenters. The van der Waals surface area contributed by atoms with Crippen LogP contribution in [0.25, 0.3) is 0 Å². The van der Waals surface area contributed by atoms with E-state index in [-0.39, 0.29) is 31.2 Å². The summed E-state index contributed by atoms with van der Waals surface area (Å²) in [5.41, 5.74) is -0.119. The Morgan fingerprint density at radius 3 is 2.65 bits per heavy atom. The highest BCUT2D eigenvalue weighted by Gasteiger charge is 2.49. The van der Waals surface area contributed by atoms with E-state index in [1.165, 1.54) is 16.7 Å². The van der Waals surface area contributed by atoms with Gasteiger partial charge in [-0.3, -0.25) is 9.89 Å². The van der Waals surface area contributed by atoms with Gasteiger partial charge in [0.1, 0.15) is 23.8 Å². The minimum absolute atomic E-state index is 0.116. The summed E-state index contributed by atoms with van der Waals surface area (Å²) >= 11 is 1.24. The molecule has 0 aromatic heterocycles. The number of ether oxygens (including phenoxy) is 3. The lowest BCUT2D eigenvalue weighted by molar-refractivity contribution is -0.148. The van der Waals surface area contributed by atoms with Crippen LogP contribution in [0.4, 0.5) is 9.18 Å². The number of nitrogens with zero attached hydrogens (tertiary/aromatic N) is 2. The Bertz CT molecular complexity index is 773. The molecule has 9 heteroatoms. The third-order valence-corrected chi connectivity index (χ3v) is 6.29. The number of carbonyl (C=O) groups is 1. The molecule has 0 bridgehead atoms. The number of amides is 1. The molecule has 1 amide bonds. The van der Waals surface area contributed by atoms with Crippen LogP contribution in [0, 0.1) is 5.92 Å². The molecule has 0 saturated carbocycles. The van der Waals surface area contributed by atoms with Crippen molar-refractivity contribution >= 4 is 23.0 Å². The lowest BCUT2D eigenvalue weighted by Crippen LogP contribution is -2.52. The molecule has 2 aliphatic rings. The van der Waals surface area contributed by atoms with Gasteiger partial charge in [0.05, 0.1) is 32.0 Å². The molecular weight excluding hydrogens is 423 g/mol. The monoisotopic (exact) mass is 454 g/mol. The van der Waals surface area contributed by atoms with Crippen LogP contribution in [-0.4, -0.2) is 70.4 Å². The summed E-state index contributed by atoms with van der Waals surface area (Å²) in [5, 5.41) is 10.1. The largest absolute Gasteiger partial charge is 0.443 e. The van der Waals surface area contributed by atoms with Crippen molar-refractivity contribution in [1.29, 1.82) is 0 Å². The van der Waals surface area contributed by atoms with Gasteiger partial charge in [0.25, 0.3) is 0 Å². The number of aliphatic hydroxyl groups excluding tert-OH is 1. The van der Waals surface area contributed by atoms with Gasteiger partial charge in [-0.05, 0) is 26.3 Å². The second kappa shape index (κ2) is 10.3. The topological polar surface area (TPSA) is 80.6 Å². The van der Waals surface area contributed by atoms with E-state index in [0.717, 1.165) is 5.56 Å². The van der Waals surface area contributed by atoms with E-state index in [4.69, 9.17) is 19.2 Å². The molecular formula is C22H31FN2O5S. The first-order valence-corrected chi connectivity index (χ1v) is 11.3. The van der Waals surface area contributed by atoms with Gasteiger partial charge in [-0.1, -0.05) is 49.0 Å². The second-order valence-electron chi connectivity index (χ2n) is 8.69. The first-order chi connectivity index (χ1) is 14.7. The number of thioether (sulfide) groups is 1. The molecule has 0 spiro atoms. The number of benzene rings is 1. The molecule has 2 aliphatic heterocycles. The molecule has 1 fully saturated rings. The predicted molar refractivity (Wildman–Crippen MR) is 118 cm³/mol. The lowest BCUT2D eigenvalue weighted by atomic mass is 9.90. The molecule has 1 N–H and O–H groups in total. The summed E-state index contributed by atoms with van der Waals surface area (Å²) in [6.45, 7) is 6.59. The van der Waals surface area contributed by atoms with Crippen LogP contribution >= 0.6 is 11.8 Å². The number of fused-ring (bicyclic) bond motifs is 1. The van der Waals surface area contributed by atoms with E-state index in [1.54, 1.807) is 20.8 Å². The Balaban J connectivity index is 1.80. The maximum absolute atomic E-state index is 13.2. The first-order valence-electron chi connectivity index (χ1n) is 10.5. The van der Waals surface area contributed by atoms with E-state index in [9.17, 15) is 14.3 Å². The van der Waals surface area contributed by atoms with E-state index in [0.29, 0.717) is 11.8 Å². The highest BCUT2D eigenvalue weighted by atomic mass is 32.2. The fraction of sp³-hybridized carbons (Fsp3) is 0.636. The average Bonchev–Trinajstić information content (AvgIpc) is 3.13. The normalized spacial score (nSPS) is 28.1. The third-order valence-electron chi connectivity index (χ3n) is 5.13. The van der Waals surface area contributed by atoms with Crippen molar-refractivity contribution < 1.29 is 28.5 Å². The summed E-state index contributed by atoms with van der Waals surface area (Å²) in [6, 6.07) is 9.42. The van der Waals surface area contributed by atoms with Gasteiger partial charge < -0.3 is 19.3 Å². The minimum atomic E-state index is -0.724. The molecule has 0 radical (unpaired) electrons. The number of hydrogen-bond acceptors (Lipinski definition) is 7. The van der Waals surface area contributed by atoms with E-state index < -0.39 is 29.9 Å². The second-order valence-corrected chi connectivity index (χ2v) is 9.75. The average molecular weight is 455 g/mol. The molecule has 7 nitrogen and oxygen atoms in total. The highest BCUT2D eigenvalue weighted by molar-refractivity contribution is 8.14. The Kier molecular flexibility index (Phi) is 7.96.